The number of carboxylic acid groups (broad SMARTS) is 3. The van der Waals surface area contributed by atoms with Gasteiger partial charge in [0, 0.05) is 29.6 Å². The summed E-state index contributed by atoms with van der Waals surface area (Å²) in [5.74, 6) is -5.02. The van der Waals surface area contributed by atoms with E-state index in [-0.39, 0.29) is 48.0 Å². The quantitative estimate of drug-likeness (QED) is 0.295. The van der Waals surface area contributed by atoms with E-state index in [9.17, 15) is 14.4 Å². The smallest absolute Gasteiger partial charge is 0.336 e. The van der Waals surface area contributed by atoms with Crippen molar-refractivity contribution in [3.05, 3.63) is 0 Å². The molecule has 0 aromatic rings. The van der Waals surface area contributed by atoms with Crippen molar-refractivity contribution in [1.82, 2.24) is 18.5 Å². The zero-order chi connectivity index (χ0) is 10.6. The van der Waals surface area contributed by atoms with Crippen LogP contribution in [-0.2, 0) is 14.4 Å². The monoisotopic (exact) mass is 266 g/mol. The Bertz CT molecular complexity index is 244. The summed E-state index contributed by atoms with van der Waals surface area (Å²) in [4.78, 5) is 30.5. The van der Waals surface area contributed by atoms with Crippen molar-refractivity contribution in [2.75, 3.05) is 0 Å². The molecular formula is C6H17N3NaO7. The van der Waals surface area contributed by atoms with Crippen LogP contribution < -0.4 is 18.5 Å². The van der Waals surface area contributed by atoms with Gasteiger partial charge in [-0.25, -0.2) is 4.79 Å². The molecule has 0 spiro atoms. The molecule has 0 amide bonds. The number of carboxylic acids is 3. The normalized spacial score (nSPS) is 8.29. The Hall–Kier alpha value is -0.750. The van der Waals surface area contributed by atoms with Gasteiger partial charge in [-0.3, -0.25) is 9.59 Å². The molecular weight excluding hydrogens is 249 g/mol. The molecule has 0 heterocycles. The van der Waals surface area contributed by atoms with E-state index in [1.807, 2.05) is 0 Å². The zero-order valence-electron chi connectivity index (χ0n) is 9.55. The fraction of sp³-hybridized carbons (Fsp3) is 0.500. The third-order valence-electron chi connectivity index (χ3n) is 1.29. The van der Waals surface area contributed by atoms with Crippen molar-refractivity contribution < 1.29 is 34.8 Å². The van der Waals surface area contributed by atoms with Crippen LogP contribution in [0.3, 0.4) is 0 Å². The summed E-state index contributed by atoms with van der Waals surface area (Å²) in [6, 6.07) is 0. The van der Waals surface area contributed by atoms with Gasteiger partial charge in [0.15, 0.2) is 5.60 Å². The first-order valence-electron chi connectivity index (χ1n) is 3.17. The van der Waals surface area contributed by atoms with Crippen LogP contribution in [0.25, 0.3) is 0 Å². The molecule has 0 bridgehead atoms. The van der Waals surface area contributed by atoms with Gasteiger partial charge in [0.2, 0.25) is 0 Å². The van der Waals surface area contributed by atoms with E-state index >= 15 is 0 Å². The summed E-state index contributed by atoms with van der Waals surface area (Å²) >= 11 is 0. The van der Waals surface area contributed by atoms with Crippen molar-refractivity contribution in [2.24, 2.45) is 0 Å². The van der Waals surface area contributed by atoms with Gasteiger partial charge in [-0.1, -0.05) is 0 Å². The van der Waals surface area contributed by atoms with Crippen LogP contribution >= 0.6 is 0 Å². The van der Waals surface area contributed by atoms with Gasteiger partial charge in [0.05, 0.1) is 12.8 Å². The standard InChI is InChI=1S/C6H8O7.3H3N.Na/c7-3(8)1-6(13,5(11)12)2-4(9)10;;;;/h13H,1-2H2,(H,7,8)(H,9,10)(H,11,12);3*1H3;. The molecule has 99 valence electrons. The van der Waals surface area contributed by atoms with E-state index in [1.165, 1.54) is 0 Å². The van der Waals surface area contributed by atoms with Gasteiger partial charge in [-0.05, 0) is 0 Å². The Labute approximate surface area is 119 Å². The number of rotatable bonds is 5. The molecule has 11 heteroatoms. The maximum absolute atomic E-state index is 10.3. The fourth-order valence-corrected chi connectivity index (χ4v) is 0.714. The maximum atomic E-state index is 10.3. The topological polar surface area (TPSA) is 237 Å². The Morgan fingerprint density at radius 3 is 1.18 bits per heavy atom. The number of aliphatic carboxylic acids is 3. The molecule has 0 aromatic heterocycles. The molecule has 0 rings (SSSR count). The number of carbonyl (C=O) groups is 3. The molecule has 13 N–H and O–H groups in total. The maximum Gasteiger partial charge on any atom is 0.336 e. The summed E-state index contributed by atoms with van der Waals surface area (Å²) < 4.78 is 0. The van der Waals surface area contributed by atoms with Crippen LogP contribution in [0.1, 0.15) is 12.8 Å². The SMILES string of the molecule is N.N.N.O=C(O)CC(O)(CC(=O)O)C(=O)O.[Na]. The molecule has 10 nitrogen and oxygen atoms in total. The largest absolute Gasteiger partial charge is 0.481 e. The molecule has 0 saturated heterocycles. The van der Waals surface area contributed by atoms with Crippen molar-refractivity contribution in [3.8, 4) is 0 Å². The van der Waals surface area contributed by atoms with Crippen LogP contribution in [0, 0.1) is 0 Å². The van der Waals surface area contributed by atoms with E-state index in [1.54, 1.807) is 0 Å². The van der Waals surface area contributed by atoms with E-state index in [2.05, 4.69) is 0 Å². The molecule has 0 atom stereocenters. The predicted molar refractivity (Wildman–Crippen MR) is 57.9 cm³/mol. The van der Waals surface area contributed by atoms with Crippen molar-refractivity contribution in [2.45, 2.75) is 18.4 Å². The summed E-state index contributed by atoms with van der Waals surface area (Å²) in [6.45, 7) is 0. The van der Waals surface area contributed by atoms with Crippen molar-refractivity contribution >= 4 is 47.5 Å². The van der Waals surface area contributed by atoms with Crippen LogP contribution in [0.2, 0.25) is 0 Å². The minimum atomic E-state index is -2.74. The predicted octanol–water partition coefficient (Wildman–Crippen LogP) is -1.14. The molecule has 17 heavy (non-hydrogen) atoms. The van der Waals surface area contributed by atoms with Gasteiger partial charge < -0.3 is 38.9 Å². The van der Waals surface area contributed by atoms with Gasteiger partial charge in [-0.15, -0.1) is 0 Å². The van der Waals surface area contributed by atoms with Crippen LogP contribution in [0.5, 0.6) is 0 Å². The van der Waals surface area contributed by atoms with E-state index < -0.39 is 36.4 Å². The third-order valence-corrected chi connectivity index (χ3v) is 1.29. The average molecular weight is 266 g/mol. The minimum Gasteiger partial charge on any atom is -0.481 e. The first-order chi connectivity index (χ1) is 5.78. The number of hydrogen-bond acceptors (Lipinski definition) is 7. The van der Waals surface area contributed by atoms with Gasteiger partial charge in [0.1, 0.15) is 0 Å². The van der Waals surface area contributed by atoms with Crippen LogP contribution in [-0.4, -0.2) is 73.5 Å². The molecule has 0 aliphatic carbocycles. The Kier molecular flexibility index (Phi) is 20.6. The Balaban J connectivity index is -0.000000120. The second kappa shape index (κ2) is 11.7. The van der Waals surface area contributed by atoms with Crippen molar-refractivity contribution in [1.29, 1.82) is 0 Å². The Morgan fingerprint density at radius 2 is 1.06 bits per heavy atom. The summed E-state index contributed by atoms with van der Waals surface area (Å²) in [6.07, 6.45) is -2.29. The van der Waals surface area contributed by atoms with Gasteiger partial charge in [0.25, 0.3) is 0 Å². The second-order valence-electron chi connectivity index (χ2n) is 2.48. The number of aliphatic hydroxyl groups is 1. The minimum absolute atomic E-state index is 0. The molecule has 1 radical (unpaired) electrons. The summed E-state index contributed by atoms with van der Waals surface area (Å²) in [5.41, 5.74) is -2.74. The van der Waals surface area contributed by atoms with Crippen molar-refractivity contribution in [3.63, 3.8) is 0 Å². The van der Waals surface area contributed by atoms with E-state index in [0.29, 0.717) is 0 Å². The van der Waals surface area contributed by atoms with Gasteiger partial charge >= 0.3 is 17.9 Å². The zero-order valence-corrected chi connectivity index (χ0v) is 11.5. The van der Waals surface area contributed by atoms with Crippen LogP contribution in [0.15, 0.2) is 0 Å². The number of hydrogen-bond donors (Lipinski definition) is 7. The van der Waals surface area contributed by atoms with E-state index in [4.69, 9.17) is 20.4 Å². The first-order valence-corrected chi connectivity index (χ1v) is 3.17. The van der Waals surface area contributed by atoms with Gasteiger partial charge in [-0.2, -0.15) is 0 Å². The summed E-state index contributed by atoms with van der Waals surface area (Å²) in [7, 11) is 0. The molecule has 0 fully saturated rings. The molecule has 0 saturated carbocycles. The van der Waals surface area contributed by atoms with Crippen LogP contribution in [0.4, 0.5) is 0 Å². The molecule has 0 aliphatic heterocycles. The molecule has 0 unspecified atom stereocenters. The molecule has 0 aliphatic rings. The third kappa shape index (κ3) is 11.5. The Morgan fingerprint density at radius 1 is 0.824 bits per heavy atom. The summed E-state index contributed by atoms with van der Waals surface area (Å²) in [5, 5.41) is 33.8. The second-order valence-corrected chi connectivity index (χ2v) is 2.48. The molecule has 0 aromatic carbocycles. The van der Waals surface area contributed by atoms with E-state index in [0.717, 1.165) is 0 Å². The fourth-order valence-electron chi connectivity index (χ4n) is 0.714. The first kappa shape index (κ1) is 29.9. The average Bonchev–Trinajstić information content (AvgIpc) is 1.82.